The quantitative estimate of drug-likeness (QED) is 0.606. The Hall–Kier alpha value is -1.96. The zero-order valence-corrected chi connectivity index (χ0v) is 11.9. The highest BCUT2D eigenvalue weighted by atomic mass is 79.9. The number of ether oxygens (including phenoxy) is 1. The molecule has 0 heterocycles. The number of halogens is 5. The second kappa shape index (κ2) is 5.80. The molecule has 0 fully saturated rings. The lowest BCUT2D eigenvalue weighted by Crippen LogP contribution is -2.18. The van der Waals surface area contributed by atoms with Crippen molar-refractivity contribution in [1.29, 1.82) is 0 Å². The van der Waals surface area contributed by atoms with E-state index in [1.54, 1.807) is 0 Å². The first-order valence-corrected chi connectivity index (χ1v) is 6.41. The van der Waals surface area contributed by atoms with E-state index in [-0.39, 0.29) is 17.1 Å². The molecule has 0 saturated heterocycles. The van der Waals surface area contributed by atoms with E-state index in [4.69, 9.17) is 5.73 Å². The lowest BCUT2D eigenvalue weighted by Gasteiger charge is -2.16. The third-order valence-electron chi connectivity index (χ3n) is 2.45. The molecular formula is C13H9BrF4N2O. The van der Waals surface area contributed by atoms with Crippen LogP contribution in [0.1, 0.15) is 0 Å². The van der Waals surface area contributed by atoms with Crippen LogP contribution in [0, 0.1) is 5.82 Å². The van der Waals surface area contributed by atoms with E-state index in [2.05, 4.69) is 26.0 Å². The molecule has 8 heteroatoms. The van der Waals surface area contributed by atoms with Gasteiger partial charge in [0.1, 0.15) is 5.82 Å². The monoisotopic (exact) mass is 364 g/mol. The maximum Gasteiger partial charge on any atom is 0.573 e. The predicted octanol–water partition coefficient (Wildman–Crippen LogP) is 4.81. The lowest BCUT2D eigenvalue weighted by molar-refractivity contribution is -0.274. The topological polar surface area (TPSA) is 47.3 Å². The van der Waals surface area contributed by atoms with Gasteiger partial charge in [-0.3, -0.25) is 0 Å². The molecule has 0 aromatic heterocycles. The van der Waals surface area contributed by atoms with Crippen molar-refractivity contribution in [3.63, 3.8) is 0 Å². The fourth-order valence-corrected chi connectivity index (χ4v) is 1.93. The maximum absolute atomic E-state index is 13.2. The Morgan fingerprint density at radius 3 is 2.43 bits per heavy atom. The van der Waals surface area contributed by atoms with Crippen molar-refractivity contribution >= 4 is 33.0 Å². The van der Waals surface area contributed by atoms with Gasteiger partial charge < -0.3 is 15.8 Å². The Bertz CT molecular complexity index is 661. The SMILES string of the molecule is Nc1ccc(F)cc1Nc1ccc(Br)cc1OC(F)(F)F. The summed E-state index contributed by atoms with van der Waals surface area (Å²) in [6, 6.07) is 7.55. The highest BCUT2D eigenvalue weighted by Crippen LogP contribution is 2.35. The Balaban J connectivity index is 2.37. The molecular weight excluding hydrogens is 356 g/mol. The summed E-state index contributed by atoms with van der Waals surface area (Å²) in [5.41, 5.74) is 5.99. The smallest absolute Gasteiger partial charge is 0.404 e. The van der Waals surface area contributed by atoms with Crippen LogP contribution in [0.15, 0.2) is 40.9 Å². The van der Waals surface area contributed by atoms with Gasteiger partial charge >= 0.3 is 6.36 Å². The van der Waals surface area contributed by atoms with E-state index < -0.39 is 17.9 Å². The van der Waals surface area contributed by atoms with Crippen LogP contribution in [0.25, 0.3) is 0 Å². The molecule has 0 bridgehead atoms. The number of nitrogens with one attached hydrogen (secondary N) is 1. The lowest BCUT2D eigenvalue weighted by atomic mass is 10.2. The molecule has 0 unspecified atom stereocenters. The van der Waals surface area contributed by atoms with E-state index in [1.807, 2.05) is 0 Å². The minimum absolute atomic E-state index is 0.00725. The molecule has 21 heavy (non-hydrogen) atoms. The highest BCUT2D eigenvalue weighted by Gasteiger charge is 2.32. The Kier molecular flexibility index (Phi) is 4.26. The Morgan fingerprint density at radius 1 is 1.05 bits per heavy atom. The van der Waals surface area contributed by atoms with Crippen molar-refractivity contribution in [3.8, 4) is 5.75 Å². The molecule has 0 atom stereocenters. The van der Waals surface area contributed by atoms with Gasteiger partial charge in [-0.15, -0.1) is 13.2 Å². The Morgan fingerprint density at radius 2 is 1.76 bits per heavy atom. The van der Waals surface area contributed by atoms with Gasteiger partial charge in [-0.05, 0) is 36.4 Å². The van der Waals surface area contributed by atoms with Crippen LogP contribution in [0.3, 0.4) is 0 Å². The Labute approximate surface area is 125 Å². The minimum atomic E-state index is -4.84. The average molecular weight is 365 g/mol. The second-order valence-corrected chi connectivity index (χ2v) is 4.96. The van der Waals surface area contributed by atoms with E-state index in [0.717, 1.165) is 18.2 Å². The van der Waals surface area contributed by atoms with Gasteiger partial charge in [-0.1, -0.05) is 15.9 Å². The van der Waals surface area contributed by atoms with Crippen LogP contribution < -0.4 is 15.8 Å². The molecule has 0 aliphatic heterocycles. The summed E-state index contributed by atoms with van der Waals surface area (Å²) < 4.78 is 54.7. The molecule has 3 nitrogen and oxygen atoms in total. The maximum atomic E-state index is 13.2. The van der Waals surface area contributed by atoms with Crippen LogP contribution in [-0.2, 0) is 0 Å². The van der Waals surface area contributed by atoms with Crippen molar-refractivity contribution in [2.24, 2.45) is 0 Å². The minimum Gasteiger partial charge on any atom is -0.404 e. The molecule has 0 amide bonds. The number of nitrogens with two attached hydrogens (primary N) is 1. The molecule has 0 aliphatic carbocycles. The average Bonchev–Trinajstić information content (AvgIpc) is 2.35. The summed E-state index contributed by atoms with van der Waals surface area (Å²) in [6.45, 7) is 0. The van der Waals surface area contributed by atoms with E-state index in [0.29, 0.717) is 4.47 Å². The first-order chi connectivity index (χ1) is 9.74. The number of benzene rings is 2. The molecule has 0 aliphatic rings. The summed E-state index contributed by atoms with van der Waals surface area (Å²) in [5, 5.41) is 2.62. The van der Waals surface area contributed by atoms with Crippen LogP contribution in [0.2, 0.25) is 0 Å². The first-order valence-electron chi connectivity index (χ1n) is 5.62. The van der Waals surface area contributed by atoms with Crippen LogP contribution in [-0.4, -0.2) is 6.36 Å². The molecule has 3 N–H and O–H groups in total. The molecule has 0 radical (unpaired) electrons. The number of nitrogen functional groups attached to an aromatic ring is 1. The van der Waals surface area contributed by atoms with Gasteiger partial charge in [0, 0.05) is 4.47 Å². The van der Waals surface area contributed by atoms with Gasteiger partial charge in [-0.25, -0.2) is 4.39 Å². The van der Waals surface area contributed by atoms with Crippen molar-refractivity contribution in [2.45, 2.75) is 6.36 Å². The van der Waals surface area contributed by atoms with Crippen molar-refractivity contribution in [3.05, 3.63) is 46.7 Å². The standard InChI is InChI=1S/C13H9BrF4N2O/c14-7-1-4-10(12(5-7)21-13(16,17)18)20-11-6-8(15)2-3-9(11)19/h1-6,20H,19H2. The van der Waals surface area contributed by atoms with Gasteiger partial charge in [0.15, 0.2) is 5.75 Å². The summed E-state index contributed by atoms with van der Waals surface area (Å²) in [7, 11) is 0. The summed E-state index contributed by atoms with van der Waals surface area (Å²) in [6.07, 6.45) is -4.84. The third-order valence-corrected chi connectivity index (χ3v) is 2.95. The van der Waals surface area contributed by atoms with E-state index in [1.165, 1.54) is 18.2 Å². The largest absolute Gasteiger partial charge is 0.573 e. The number of anilines is 3. The van der Waals surface area contributed by atoms with Crippen molar-refractivity contribution in [1.82, 2.24) is 0 Å². The summed E-state index contributed by atoms with van der Waals surface area (Å²) >= 11 is 3.06. The number of alkyl halides is 3. The van der Waals surface area contributed by atoms with E-state index >= 15 is 0 Å². The number of rotatable bonds is 3. The molecule has 0 spiro atoms. The number of hydrogen-bond donors (Lipinski definition) is 2. The van der Waals surface area contributed by atoms with Crippen LogP contribution in [0.4, 0.5) is 34.6 Å². The zero-order valence-electron chi connectivity index (χ0n) is 10.3. The predicted molar refractivity (Wildman–Crippen MR) is 74.9 cm³/mol. The first kappa shape index (κ1) is 15.4. The number of hydrogen-bond acceptors (Lipinski definition) is 3. The van der Waals surface area contributed by atoms with Gasteiger partial charge in [-0.2, -0.15) is 0 Å². The van der Waals surface area contributed by atoms with Crippen molar-refractivity contribution < 1.29 is 22.3 Å². The molecule has 2 aromatic rings. The summed E-state index contributed by atoms with van der Waals surface area (Å²) in [5.74, 6) is -1.03. The third kappa shape index (κ3) is 4.25. The highest BCUT2D eigenvalue weighted by molar-refractivity contribution is 9.10. The molecule has 2 aromatic carbocycles. The van der Waals surface area contributed by atoms with Gasteiger partial charge in [0.2, 0.25) is 0 Å². The summed E-state index contributed by atoms with van der Waals surface area (Å²) in [4.78, 5) is 0. The van der Waals surface area contributed by atoms with E-state index in [9.17, 15) is 17.6 Å². The van der Waals surface area contributed by atoms with Crippen molar-refractivity contribution in [2.75, 3.05) is 11.1 Å². The van der Waals surface area contributed by atoms with Crippen LogP contribution >= 0.6 is 15.9 Å². The molecule has 112 valence electrons. The van der Waals surface area contributed by atoms with Gasteiger partial charge in [0.05, 0.1) is 17.1 Å². The molecule has 0 saturated carbocycles. The fraction of sp³-hybridized carbons (Fsp3) is 0.0769. The normalized spacial score (nSPS) is 11.3. The van der Waals surface area contributed by atoms with Crippen LogP contribution in [0.5, 0.6) is 5.75 Å². The second-order valence-electron chi connectivity index (χ2n) is 4.04. The fourth-order valence-electron chi connectivity index (χ4n) is 1.59. The zero-order chi connectivity index (χ0) is 15.6. The van der Waals surface area contributed by atoms with Gasteiger partial charge in [0.25, 0.3) is 0 Å². The molecule has 2 rings (SSSR count).